The molecular weight excluding hydrogens is 230 g/mol. The lowest BCUT2D eigenvalue weighted by Crippen LogP contribution is -2.36. The molecule has 18 heavy (non-hydrogen) atoms. The smallest absolute Gasteiger partial charge is 0.119 e. The quantitative estimate of drug-likeness (QED) is 0.627. The van der Waals surface area contributed by atoms with Gasteiger partial charge in [-0.25, -0.2) is 0 Å². The number of aliphatic hydroxyl groups excluding tert-OH is 1. The molecule has 0 aliphatic rings. The summed E-state index contributed by atoms with van der Waals surface area (Å²) in [4.78, 5) is 0. The second-order valence-corrected chi connectivity index (χ2v) is 5.03. The molecule has 4 N–H and O–H groups in total. The van der Waals surface area contributed by atoms with Crippen LogP contribution >= 0.6 is 0 Å². The van der Waals surface area contributed by atoms with Crippen LogP contribution in [0, 0.1) is 5.92 Å². The summed E-state index contributed by atoms with van der Waals surface area (Å²) in [6.45, 7) is 6.31. The van der Waals surface area contributed by atoms with Gasteiger partial charge in [-0.05, 0) is 37.0 Å². The van der Waals surface area contributed by atoms with E-state index in [9.17, 15) is 10.2 Å². The van der Waals surface area contributed by atoms with Crippen molar-refractivity contribution in [1.82, 2.24) is 5.32 Å². The third kappa shape index (κ3) is 4.20. The van der Waals surface area contributed by atoms with Gasteiger partial charge >= 0.3 is 0 Å². The van der Waals surface area contributed by atoms with Crippen LogP contribution in [-0.4, -0.2) is 28.0 Å². The van der Waals surface area contributed by atoms with Gasteiger partial charge in [0.1, 0.15) is 11.5 Å². The summed E-state index contributed by atoms with van der Waals surface area (Å²) >= 11 is 0. The van der Waals surface area contributed by atoms with Gasteiger partial charge in [0.2, 0.25) is 0 Å². The largest absolute Gasteiger partial charge is 0.508 e. The highest BCUT2D eigenvalue weighted by molar-refractivity contribution is 5.37. The molecule has 1 aromatic carbocycles. The lowest BCUT2D eigenvalue weighted by molar-refractivity contribution is 0.237. The van der Waals surface area contributed by atoms with Crippen molar-refractivity contribution in [2.75, 3.05) is 6.61 Å². The molecule has 0 aromatic heterocycles. The van der Waals surface area contributed by atoms with E-state index in [0.717, 1.165) is 5.56 Å². The normalized spacial score (nSPS) is 14.7. The molecule has 0 aliphatic carbocycles. The van der Waals surface area contributed by atoms with Crippen molar-refractivity contribution in [3.63, 3.8) is 0 Å². The van der Waals surface area contributed by atoms with Gasteiger partial charge in [0.25, 0.3) is 0 Å². The minimum absolute atomic E-state index is 0.00181. The lowest BCUT2D eigenvalue weighted by Gasteiger charge is -2.26. The van der Waals surface area contributed by atoms with E-state index in [2.05, 4.69) is 19.2 Å². The lowest BCUT2D eigenvalue weighted by atomic mass is 9.98. The Balaban J connectivity index is 2.76. The van der Waals surface area contributed by atoms with Crippen LogP contribution in [0.1, 0.15) is 38.8 Å². The number of benzene rings is 1. The molecule has 2 atom stereocenters. The highest BCUT2D eigenvalue weighted by Crippen LogP contribution is 2.25. The summed E-state index contributed by atoms with van der Waals surface area (Å²) in [6, 6.07) is 4.78. The first-order chi connectivity index (χ1) is 8.43. The van der Waals surface area contributed by atoms with Crippen LogP contribution in [0.15, 0.2) is 18.2 Å². The van der Waals surface area contributed by atoms with Crippen LogP contribution in [0.4, 0.5) is 0 Å². The number of rotatable bonds is 6. The number of phenols is 2. The van der Waals surface area contributed by atoms with Gasteiger partial charge in [-0.15, -0.1) is 0 Å². The Morgan fingerprint density at radius 2 is 1.61 bits per heavy atom. The van der Waals surface area contributed by atoms with Gasteiger partial charge in [-0.2, -0.15) is 0 Å². The first kappa shape index (κ1) is 14.8. The second kappa shape index (κ2) is 6.61. The Hall–Kier alpha value is -1.26. The highest BCUT2D eigenvalue weighted by Gasteiger charge is 2.17. The number of aliphatic hydroxyl groups is 1. The minimum atomic E-state index is 0.00181. The maximum absolute atomic E-state index is 9.46. The fourth-order valence-corrected chi connectivity index (χ4v) is 2.03. The zero-order chi connectivity index (χ0) is 13.7. The average molecular weight is 253 g/mol. The van der Waals surface area contributed by atoms with Crippen molar-refractivity contribution >= 4 is 0 Å². The fourth-order valence-electron chi connectivity index (χ4n) is 2.03. The van der Waals surface area contributed by atoms with E-state index in [-0.39, 0.29) is 30.2 Å². The summed E-state index contributed by atoms with van der Waals surface area (Å²) in [5, 5.41) is 31.4. The van der Waals surface area contributed by atoms with Gasteiger partial charge in [0.05, 0.1) is 0 Å². The van der Waals surface area contributed by atoms with Crippen molar-refractivity contribution in [2.45, 2.75) is 39.3 Å². The number of aromatic hydroxyl groups is 2. The molecule has 1 aromatic rings. The summed E-state index contributed by atoms with van der Waals surface area (Å²) in [5.41, 5.74) is 0.830. The van der Waals surface area contributed by atoms with E-state index in [4.69, 9.17) is 5.11 Å². The summed E-state index contributed by atoms with van der Waals surface area (Å²) < 4.78 is 0. The van der Waals surface area contributed by atoms with Gasteiger partial charge in [-0.3, -0.25) is 0 Å². The molecule has 0 bridgehead atoms. The predicted molar refractivity (Wildman–Crippen MR) is 71.7 cm³/mol. The van der Waals surface area contributed by atoms with E-state index in [1.807, 2.05) is 6.92 Å². The Bertz CT molecular complexity index is 359. The minimum Gasteiger partial charge on any atom is -0.508 e. The first-order valence-electron chi connectivity index (χ1n) is 6.34. The van der Waals surface area contributed by atoms with E-state index < -0.39 is 0 Å². The fraction of sp³-hybridized carbons (Fsp3) is 0.571. The van der Waals surface area contributed by atoms with Gasteiger partial charge < -0.3 is 20.6 Å². The molecule has 0 amide bonds. The van der Waals surface area contributed by atoms with E-state index in [1.165, 1.54) is 6.07 Å². The van der Waals surface area contributed by atoms with Crippen molar-refractivity contribution < 1.29 is 15.3 Å². The summed E-state index contributed by atoms with van der Waals surface area (Å²) in [5.74, 6) is 0.523. The molecule has 4 nitrogen and oxygen atoms in total. The maximum atomic E-state index is 9.46. The van der Waals surface area contributed by atoms with Gasteiger partial charge in [0, 0.05) is 24.8 Å². The second-order valence-electron chi connectivity index (χ2n) is 5.03. The predicted octanol–water partition coefficient (Wildman–Crippen LogP) is 2.16. The third-order valence-corrected chi connectivity index (χ3v) is 3.13. The van der Waals surface area contributed by atoms with Crippen molar-refractivity contribution in [3.8, 4) is 11.5 Å². The number of phenolic OH excluding ortho intramolecular Hbond substituents is 2. The van der Waals surface area contributed by atoms with Crippen molar-refractivity contribution in [1.29, 1.82) is 0 Å². The van der Waals surface area contributed by atoms with Crippen LogP contribution in [0.3, 0.4) is 0 Å². The molecule has 0 saturated carbocycles. The van der Waals surface area contributed by atoms with E-state index >= 15 is 0 Å². The van der Waals surface area contributed by atoms with Gasteiger partial charge in [-0.1, -0.05) is 13.8 Å². The highest BCUT2D eigenvalue weighted by atomic mass is 16.3. The molecule has 2 unspecified atom stereocenters. The molecule has 0 radical (unpaired) electrons. The van der Waals surface area contributed by atoms with Crippen molar-refractivity contribution in [2.24, 2.45) is 5.92 Å². The van der Waals surface area contributed by atoms with E-state index in [0.29, 0.717) is 12.3 Å². The zero-order valence-corrected chi connectivity index (χ0v) is 11.2. The van der Waals surface area contributed by atoms with Crippen LogP contribution < -0.4 is 5.32 Å². The number of hydrogen-bond acceptors (Lipinski definition) is 4. The number of hydrogen-bond donors (Lipinski definition) is 4. The Labute approximate surface area is 108 Å². The summed E-state index contributed by atoms with van der Waals surface area (Å²) in [6.07, 6.45) is 0.687. The monoisotopic (exact) mass is 253 g/mol. The molecule has 0 fully saturated rings. The Morgan fingerprint density at radius 1 is 1.06 bits per heavy atom. The molecular formula is C14H23NO3. The molecule has 0 heterocycles. The molecule has 0 aliphatic heterocycles. The SMILES string of the molecule is CC(NC(CCO)C(C)C)c1cc(O)cc(O)c1. The zero-order valence-electron chi connectivity index (χ0n) is 11.2. The third-order valence-electron chi connectivity index (χ3n) is 3.13. The van der Waals surface area contributed by atoms with E-state index in [1.54, 1.807) is 12.1 Å². The Morgan fingerprint density at radius 3 is 2.06 bits per heavy atom. The Kier molecular flexibility index (Phi) is 5.44. The summed E-state index contributed by atoms with van der Waals surface area (Å²) in [7, 11) is 0. The topological polar surface area (TPSA) is 72.7 Å². The average Bonchev–Trinajstić information content (AvgIpc) is 2.26. The molecule has 4 heteroatoms. The van der Waals surface area contributed by atoms with Crippen LogP contribution in [0.2, 0.25) is 0 Å². The van der Waals surface area contributed by atoms with Crippen LogP contribution in [0.5, 0.6) is 11.5 Å². The molecule has 102 valence electrons. The molecule has 0 saturated heterocycles. The van der Waals surface area contributed by atoms with Gasteiger partial charge in [0.15, 0.2) is 0 Å². The van der Waals surface area contributed by atoms with Crippen LogP contribution in [-0.2, 0) is 0 Å². The first-order valence-corrected chi connectivity index (χ1v) is 6.34. The standard InChI is InChI=1S/C14H23NO3/c1-9(2)14(4-5-16)15-10(3)11-6-12(17)8-13(18)7-11/h6-10,14-18H,4-5H2,1-3H3. The maximum Gasteiger partial charge on any atom is 0.119 e. The number of nitrogens with one attached hydrogen (secondary N) is 1. The van der Waals surface area contributed by atoms with Crippen LogP contribution in [0.25, 0.3) is 0 Å². The van der Waals surface area contributed by atoms with Crippen molar-refractivity contribution in [3.05, 3.63) is 23.8 Å². The molecule has 1 rings (SSSR count). The molecule has 0 spiro atoms.